The number of methoxy groups -OCH3 is 1. The van der Waals surface area contributed by atoms with Crippen LogP contribution in [0.4, 0.5) is 23.2 Å². The standard InChI is InChI=1S/C22H17F4NO3/c1-29-21(28)18-12-17(27)9-10-19(18)30-20(14-3-2-4-16(23)11-14)13-5-7-15(8-6-13)22(24,25)26/h2-12,20H,27H2,1H3. The molecule has 2 N–H and O–H groups in total. The zero-order valence-electron chi connectivity index (χ0n) is 15.7. The van der Waals surface area contributed by atoms with Crippen LogP contribution in [0.15, 0.2) is 66.7 Å². The van der Waals surface area contributed by atoms with E-state index in [2.05, 4.69) is 0 Å². The summed E-state index contributed by atoms with van der Waals surface area (Å²) in [6.07, 6.45) is -5.49. The minimum Gasteiger partial charge on any atom is -0.480 e. The zero-order chi connectivity index (χ0) is 21.9. The Morgan fingerprint density at radius 2 is 1.67 bits per heavy atom. The number of carbonyl (C=O) groups excluding carboxylic acids is 1. The predicted molar refractivity (Wildman–Crippen MR) is 103 cm³/mol. The molecule has 30 heavy (non-hydrogen) atoms. The monoisotopic (exact) mass is 419 g/mol. The first-order valence-electron chi connectivity index (χ1n) is 8.76. The molecule has 0 bridgehead atoms. The van der Waals surface area contributed by atoms with Crippen molar-refractivity contribution in [2.24, 2.45) is 0 Å². The van der Waals surface area contributed by atoms with Gasteiger partial charge in [0.1, 0.15) is 23.2 Å². The molecule has 3 aromatic carbocycles. The molecular formula is C22H17F4NO3. The van der Waals surface area contributed by atoms with Crippen LogP contribution in [0.2, 0.25) is 0 Å². The van der Waals surface area contributed by atoms with Gasteiger partial charge in [0.2, 0.25) is 0 Å². The van der Waals surface area contributed by atoms with Gasteiger partial charge in [-0.25, -0.2) is 9.18 Å². The van der Waals surface area contributed by atoms with Gasteiger partial charge in [0.25, 0.3) is 0 Å². The molecular weight excluding hydrogens is 402 g/mol. The molecule has 0 radical (unpaired) electrons. The largest absolute Gasteiger partial charge is 0.480 e. The van der Waals surface area contributed by atoms with E-state index in [-0.39, 0.29) is 11.3 Å². The van der Waals surface area contributed by atoms with Crippen molar-refractivity contribution in [3.05, 3.63) is 94.8 Å². The van der Waals surface area contributed by atoms with Crippen molar-refractivity contribution < 1.29 is 31.8 Å². The third-order valence-electron chi connectivity index (χ3n) is 4.35. The van der Waals surface area contributed by atoms with E-state index in [1.54, 1.807) is 6.07 Å². The second-order valence-electron chi connectivity index (χ2n) is 6.42. The van der Waals surface area contributed by atoms with Gasteiger partial charge >= 0.3 is 12.1 Å². The van der Waals surface area contributed by atoms with Crippen molar-refractivity contribution in [1.29, 1.82) is 0 Å². The summed E-state index contributed by atoms with van der Waals surface area (Å²) in [4.78, 5) is 12.1. The molecule has 0 saturated heterocycles. The molecule has 0 amide bonds. The second-order valence-corrected chi connectivity index (χ2v) is 6.42. The molecule has 0 aliphatic rings. The van der Waals surface area contributed by atoms with Gasteiger partial charge in [-0.15, -0.1) is 0 Å². The summed E-state index contributed by atoms with van der Waals surface area (Å²) in [6, 6.07) is 14.1. The Labute approximate surface area is 169 Å². The Bertz CT molecular complexity index is 1050. The maximum atomic E-state index is 13.8. The van der Waals surface area contributed by atoms with Gasteiger partial charge in [-0.2, -0.15) is 13.2 Å². The minimum absolute atomic E-state index is 0.0332. The number of nitrogens with two attached hydrogens (primary N) is 1. The van der Waals surface area contributed by atoms with Crippen molar-refractivity contribution in [2.75, 3.05) is 12.8 Å². The Kier molecular flexibility index (Phi) is 5.96. The van der Waals surface area contributed by atoms with Crippen molar-refractivity contribution in [3.63, 3.8) is 0 Å². The van der Waals surface area contributed by atoms with E-state index >= 15 is 0 Å². The highest BCUT2D eigenvalue weighted by Gasteiger charge is 2.30. The molecule has 0 aliphatic carbocycles. The lowest BCUT2D eigenvalue weighted by Crippen LogP contribution is -2.14. The highest BCUT2D eigenvalue weighted by Crippen LogP contribution is 2.34. The van der Waals surface area contributed by atoms with Gasteiger partial charge in [-0.3, -0.25) is 0 Å². The second kappa shape index (κ2) is 8.44. The van der Waals surface area contributed by atoms with Gasteiger partial charge < -0.3 is 15.2 Å². The van der Waals surface area contributed by atoms with Crippen LogP contribution in [0.25, 0.3) is 0 Å². The van der Waals surface area contributed by atoms with E-state index in [1.807, 2.05) is 0 Å². The van der Waals surface area contributed by atoms with Crippen LogP contribution in [-0.4, -0.2) is 13.1 Å². The van der Waals surface area contributed by atoms with Gasteiger partial charge in [0.15, 0.2) is 0 Å². The van der Waals surface area contributed by atoms with Crippen LogP contribution in [0.1, 0.15) is 33.2 Å². The summed E-state index contributed by atoms with van der Waals surface area (Å²) < 4.78 is 63.3. The number of ether oxygens (including phenoxy) is 2. The summed E-state index contributed by atoms with van der Waals surface area (Å²) in [5.74, 6) is -1.16. The highest BCUT2D eigenvalue weighted by molar-refractivity contribution is 5.93. The minimum atomic E-state index is -4.50. The number of rotatable bonds is 5. The number of hydrogen-bond acceptors (Lipinski definition) is 4. The zero-order valence-corrected chi connectivity index (χ0v) is 15.7. The van der Waals surface area contributed by atoms with E-state index in [1.165, 1.54) is 55.6 Å². The number of nitrogen functional groups attached to an aromatic ring is 1. The summed E-state index contributed by atoms with van der Waals surface area (Å²) in [7, 11) is 1.19. The third kappa shape index (κ3) is 4.71. The molecule has 1 unspecified atom stereocenters. The number of hydrogen-bond donors (Lipinski definition) is 1. The summed E-state index contributed by atoms with van der Waals surface area (Å²) in [5, 5.41) is 0. The van der Waals surface area contributed by atoms with Crippen LogP contribution < -0.4 is 10.5 Å². The smallest absolute Gasteiger partial charge is 0.416 e. The molecule has 1 atom stereocenters. The number of halogens is 4. The van der Waals surface area contributed by atoms with E-state index in [4.69, 9.17) is 15.2 Å². The molecule has 156 valence electrons. The topological polar surface area (TPSA) is 61.5 Å². The normalized spacial score (nSPS) is 12.3. The summed E-state index contributed by atoms with van der Waals surface area (Å²) >= 11 is 0. The molecule has 0 heterocycles. The Hall–Kier alpha value is -3.55. The molecule has 8 heteroatoms. The molecule has 0 aromatic heterocycles. The number of benzene rings is 3. The number of esters is 1. The number of alkyl halides is 3. The Balaban J connectivity index is 2.07. The lowest BCUT2D eigenvalue weighted by molar-refractivity contribution is -0.137. The van der Waals surface area contributed by atoms with E-state index in [9.17, 15) is 22.4 Å². The highest BCUT2D eigenvalue weighted by atomic mass is 19.4. The van der Waals surface area contributed by atoms with Gasteiger partial charge in [0, 0.05) is 5.69 Å². The van der Waals surface area contributed by atoms with Crippen LogP contribution in [0, 0.1) is 5.82 Å². The first-order chi connectivity index (χ1) is 14.2. The molecule has 0 spiro atoms. The lowest BCUT2D eigenvalue weighted by atomic mass is 9.99. The summed E-state index contributed by atoms with van der Waals surface area (Å²) in [6.45, 7) is 0. The molecule has 4 nitrogen and oxygen atoms in total. The fourth-order valence-corrected chi connectivity index (χ4v) is 2.89. The molecule has 3 rings (SSSR count). The number of carbonyl (C=O) groups is 1. The van der Waals surface area contributed by atoms with Gasteiger partial charge in [0.05, 0.1) is 12.7 Å². The van der Waals surface area contributed by atoms with Crippen LogP contribution in [-0.2, 0) is 10.9 Å². The SMILES string of the molecule is COC(=O)c1cc(N)ccc1OC(c1ccc(C(F)(F)F)cc1)c1cccc(F)c1. The van der Waals surface area contributed by atoms with Crippen molar-refractivity contribution in [1.82, 2.24) is 0 Å². The Morgan fingerprint density at radius 3 is 2.27 bits per heavy atom. The quantitative estimate of drug-likeness (QED) is 0.343. The first kappa shape index (κ1) is 21.2. The maximum Gasteiger partial charge on any atom is 0.416 e. The molecule has 0 saturated carbocycles. The van der Waals surface area contributed by atoms with Crippen molar-refractivity contribution >= 4 is 11.7 Å². The van der Waals surface area contributed by atoms with Crippen LogP contribution >= 0.6 is 0 Å². The molecule has 0 fully saturated rings. The summed E-state index contributed by atoms with van der Waals surface area (Å²) in [5.41, 5.74) is 5.91. The lowest BCUT2D eigenvalue weighted by Gasteiger charge is -2.22. The van der Waals surface area contributed by atoms with E-state index < -0.39 is 29.6 Å². The van der Waals surface area contributed by atoms with Crippen molar-refractivity contribution in [2.45, 2.75) is 12.3 Å². The predicted octanol–water partition coefficient (Wildman–Crippen LogP) is 5.38. The number of anilines is 1. The fraction of sp³-hybridized carbons (Fsp3) is 0.136. The van der Waals surface area contributed by atoms with Gasteiger partial charge in [-0.05, 0) is 53.6 Å². The maximum absolute atomic E-state index is 13.8. The van der Waals surface area contributed by atoms with E-state index in [0.29, 0.717) is 16.8 Å². The fourth-order valence-electron chi connectivity index (χ4n) is 2.89. The van der Waals surface area contributed by atoms with Gasteiger partial charge in [-0.1, -0.05) is 24.3 Å². The van der Waals surface area contributed by atoms with Crippen molar-refractivity contribution in [3.8, 4) is 5.75 Å². The Morgan fingerprint density at radius 1 is 0.967 bits per heavy atom. The molecule has 0 aliphatic heterocycles. The average molecular weight is 419 g/mol. The third-order valence-corrected chi connectivity index (χ3v) is 4.35. The molecule has 3 aromatic rings. The first-order valence-corrected chi connectivity index (χ1v) is 8.76. The van der Waals surface area contributed by atoms with E-state index in [0.717, 1.165) is 12.1 Å². The van der Waals surface area contributed by atoms with Crippen LogP contribution in [0.3, 0.4) is 0 Å². The van der Waals surface area contributed by atoms with Crippen LogP contribution in [0.5, 0.6) is 5.75 Å². The average Bonchev–Trinajstić information content (AvgIpc) is 2.71.